The van der Waals surface area contributed by atoms with Crippen molar-refractivity contribution in [3.63, 3.8) is 0 Å². The fourth-order valence-electron chi connectivity index (χ4n) is 2.81. The molecule has 0 saturated heterocycles. The predicted molar refractivity (Wildman–Crippen MR) is 118 cm³/mol. The Morgan fingerprint density at radius 1 is 0.933 bits per heavy atom. The SMILES string of the molecule is CN(CC(=O)Nc1ccccc1C(=O)NC1CC1)CC(=O)Nc1c(Cl)cccc1Cl. The largest absolute Gasteiger partial charge is 0.349 e. The van der Waals surface area contributed by atoms with Crippen molar-refractivity contribution in [2.24, 2.45) is 0 Å². The number of para-hydroxylation sites is 2. The van der Waals surface area contributed by atoms with E-state index in [9.17, 15) is 14.4 Å². The first-order valence-corrected chi connectivity index (χ1v) is 10.2. The van der Waals surface area contributed by atoms with Crippen LogP contribution in [0.5, 0.6) is 0 Å². The number of nitrogens with zero attached hydrogens (tertiary/aromatic N) is 1. The number of hydrogen-bond donors (Lipinski definition) is 3. The minimum atomic E-state index is -0.357. The lowest BCUT2D eigenvalue weighted by Crippen LogP contribution is -2.36. The number of carbonyl (C=O) groups excluding carboxylic acids is 3. The summed E-state index contributed by atoms with van der Waals surface area (Å²) in [5.74, 6) is -0.907. The first kappa shape index (κ1) is 22.1. The maximum absolute atomic E-state index is 12.4. The van der Waals surface area contributed by atoms with Gasteiger partial charge in [-0.15, -0.1) is 0 Å². The fourth-order valence-corrected chi connectivity index (χ4v) is 3.30. The third-order valence-electron chi connectivity index (χ3n) is 4.41. The van der Waals surface area contributed by atoms with Crippen LogP contribution in [0.15, 0.2) is 42.5 Å². The van der Waals surface area contributed by atoms with E-state index in [-0.39, 0.29) is 36.9 Å². The number of amides is 3. The topological polar surface area (TPSA) is 90.5 Å². The minimum Gasteiger partial charge on any atom is -0.349 e. The Morgan fingerprint density at radius 3 is 2.17 bits per heavy atom. The zero-order valence-corrected chi connectivity index (χ0v) is 17.9. The van der Waals surface area contributed by atoms with Gasteiger partial charge in [0.1, 0.15) is 0 Å². The van der Waals surface area contributed by atoms with E-state index >= 15 is 0 Å². The molecule has 1 saturated carbocycles. The molecular weight excluding hydrogens is 427 g/mol. The van der Waals surface area contributed by atoms with Gasteiger partial charge in [-0.3, -0.25) is 19.3 Å². The summed E-state index contributed by atoms with van der Waals surface area (Å²) in [7, 11) is 1.64. The molecule has 3 rings (SSSR count). The summed E-state index contributed by atoms with van der Waals surface area (Å²) < 4.78 is 0. The average molecular weight is 449 g/mol. The highest BCUT2D eigenvalue weighted by molar-refractivity contribution is 6.39. The molecule has 2 aromatic carbocycles. The van der Waals surface area contributed by atoms with E-state index < -0.39 is 0 Å². The van der Waals surface area contributed by atoms with Gasteiger partial charge in [0.15, 0.2) is 0 Å². The van der Waals surface area contributed by atoms with E-state index in [0.717, 1.165) is 12.8 Å². The number of rotatable bonds is 8. The Balaban J connectivity index is 1.53. The standard InChI is InChI=1S/C21H22Cl2N4O3/c1-27(12-19(29)26-20-15(22)6-4-7-16(20)23)11-18(28)25-17-8-3-2-5-14(17)21(30)24-13-9-10-13/h2-8,13H,9-12H2,1H3,(H,24,30)(H,25,28)(H,26,29). The second-order valence-corrected chi connectivity index (χ2v) is 7.97. The van der Waals surface area contributed by atoms with Crippen LogP contribution in [0.2, 0.25) is 10.0 Å². The van der Waals surface area contributed by atoms with Gasteiger partial charge < -0.3 is 16.0 Å². The average Bonchev–Trinajstić information content (AvgIpc) is 3.49. The summed E-state index contributed by atoms with van der Waals surface area (Å²) in [5.41, 5.74) is 1.17. The molecule has 7 nitrogen and oxygen atoms in total. The third kappa shape index (κ3) is 6.19. The molecule has 0 bridgehead atoms. The van der Waals surface area contributed by atoms with Crippen molar-refractivity contribution in [1.29, 1.82) is 0 Å². The first-order valence-electron chi connectivity index (χ1n) is 9.45. The van der Waals surface area contributed by atoms with Crippen LogP contribution in [0.3, 0.4) is 0 Å². The van der Waals surface area contributed by atoms with Gasteiger partial charge >= 0.3 is 0 Å². The highest BCUT2D eigenvalue weighted by Crippen LogP contribution is 2.29. The first-order chi connectivity index (χ1) is 14.3. The number of anilines is 2. The Labute approximate surface area is 184 Å². The fraction of sp³-hybridized carbons (Fsp3) is 0.286. The lowest BCUT2D eigenvalue weighted by atomic mass is 10.1. The van der Waals surface area contributed by atoms with E-state index in [0.29, 0.717) is 27.0 Å². The van der Waals surface area contributed by atoms with Crippen LogP contribution in [0.1, 0.15) is 23.2 Å². The molecule has 3 N–H and O–H groups in total. The molecule has 3 amide bonds. The normalized spacial score (nSPS) is 13.1. The van der Waals surface area contributed by atoms with E-state index in [4.69, 9.17) is 23.2 Å². The van der Waals surface area contributed by atoms with Crippen LogP contribution in [-0.4, -0.2) is 48.8 Å². The number of nitrogens with one attached hydrogen (secondary N) is 3. The van der Waals surface area contributed by atoms with Crippen molar-refractivity contribution in [2.45, 2.75) is 18.9 Å². The van der Waals surface area contributed by atoms with Gasteiger partial charge in [-0.1, -0.05) is 41.4 Å². The Morgan fingerprint density at radius 2 is 1.53 bits per heavy atom. The smallest absolute Gasteiger partial charge is 0.253 e. The molecule has 9 heteroatoms. The second kappa shape index (κ2) is 9.93. The van der Waals surface area contributed by atoms with Crippen molar-refractivity contribution in [2.75, 3.05) is 30.8 Å². The van der Waals surface area contributed by atoms with Crippen molar-refractivity contribution >= 4 is 52.3 Å². The molecule has 0 aliphatic heterocycles. The number of halogens is 2. The number of benzene rings is 2. The van der Waals surface area contributed by atoms with Crippen LogP contribution in [0.4, 0.5) is 11.4 Å². The van der Waals surface area contributed by atoms with Gasteiger partial charge in [-0.2, -0.15) is 0 Å². The molecule has 0 unspecified atom stereocenters. The van der Waals surface area contributed by atoms with Gasteiger partial charge in [-0.25, -0.2) is 0 Å². The molecule has 0 spiro atoms. The molecule has 30 heavy (non-hydrogen) atoms. The van der Waals surface area contributed by atoms with Gasteiger partial charge in [0, 0.05) is 6.04 Å². The summed E-state index contributed by atoms with van der Waals surface area (Å²) in [6, 6.07) is 12.0. The molecule has 0 aromatic heterocycles. The lowest BCUT2D eigenvalue weighted by molar-refractivity contribution is -0.119. The van der Waals surface area contributed by atoms with E-state index in [2.05, 4.69) is 16.0 Å². The predicted octanol–water partition coefficient (Wildman–Crippen LogP) is 3.39. The maximum Gasteiger partial charge on any atom is 0.253 e. The molecule has 1 fully saturated rings. The zero-order chi connectivity index (χ0) is 21.7. The van der Waals surface area contributed by atoms with Crippen LogP contribution >= 0.6 is 23.2 Å². The van der Waals surface area contributed by atoms with Gasteiger partial charge in [0.25, 0.3) is 5.91 Å². The van der Waals surface area contributed by atoms with E-state index in [1.807, 2.05) is 0 Å². The number of hydrogen-bond acceptors (Lipinski definition) is 4. The van der Waals surface area contributed by atoms with Gasteiger partial charge in [0.05, 0.1) is 40.1 Å². The van der Waals surface area contributed by atoms with Gasteiger partial charge in [-0.05, 0) is 44.2 Å². The quantitative estimate of drug-likeness (QED) is 0.576. The number of likely N-dealkylation sites (N-methyl/N-ethyl adjacent to an activating group) is 1. The zero-order valence-electron chi connectivity index (χ0n) is 16.4. The van der Waals surface area contributed by atoms with Crippen LogP contribution in [0, 0.1) is 0 Å². The Bertz CT molecular complexity index is 943. The summed E-state index contributed by atoms with van der Waals surface area (Å²) >= 11 is 12.1. The molecule has 1 aliphatic carbocycles. The summed E-state index contributed by atoms with van der Waals surface area (Å²) in [5, 5.41) is 8.96. The van der Waals surface area contributed by atoms with Crippen LogP contribution < -0.4 is 16.0 Å². The maximum atomic E-state index is 12.4. The molecule has 0 heterocycles. The van der Waals surface area contributed by atoms with E-state index in [1.165, 1.54) is 0 Å². The minimum absolute atomic E-state index is 0.0394. The Hall–Kier alpha value is -2.61. The number of carbonyl (C=O) groups is 3. The second-order valence-electron chi connectivity index (χ2n) is 7.16. The van der Waals surface area contributed by atoms with Crippen molar-refractivity contribution < 1.29 is 14.4 Å². The molecule has 158 valence electrons. The molecular formula is C21H22Cl2N4O3. The lowest BCUT2D eigenvalue weighted by Gasteiger charge is -2.17. The van der Waals surface area contributed by atoms with Crippen molar-refractivity contribution in [3.05, 3.63) is 58.1 Å². The highest BCUT2D eigenvalue weighted by atomic mass is 35.5. The van der Waals surface area contributed by atoms with Crippen LogP contribution in [-0.2, 0) is 9.59 Å². The monoisotopic (exact) mass is 448 g/mol. The third-order valence-corrected chi connectivity index (χ3v) is 5.04. The van der Waals surface area contributed by atoms with Gasteiger partial charge in [0.2, 0.25) is 11.8 Å². The van der Waals surface area contributed by atoms with Crippen LogP contribution in [0.25, 0.3) is 0 Å². The van der Waals surface area contributed by atoms with Crippen molar-refractivity contribution in [3.8, 4) is 0 Å². The molecule has 1 aliphatic rings. The molecule has 2 aromatic rings. The summed E-state index contributed by atoms with van der Waals surface area (Å²) in [6.45, 7) is -0.0823. The summed E-state index contributed by atoms with van der Waals surface area (Å²) in [4.78, 5) is 38.6. The Kier molecular flexibility index (Phi) is 7.31. The summed E-state index contributed by atoms with van der Waals surface area (Å²) in [6.07, 6.45) is 1.96. The van der Waals surface area contributed by atoms with Crippen molar-refractivity contribution in [1.82, 2.24) is 10.2 Å². The highest BCUT2D eigenvalue weighted by Gasteiger charge is 2.25. The van der Waals surface area contributed by atoms with E-state index in [1.54, 1.807) is 54.4 Å². The molecule has 0 radical (unpaired) electrons. The molecule has 0 atom stereocenters.